The molecule has 0 aromatic heterocycles. The smallest absolute Gasteiger partial charge is 0.168 e. The predicted molar refractivity (Wildman–Crippen MR) is 53.3 cm³/mol. The largest absolute Gasteiger partial charge is 0.372 e. The molecule has 0 bridgehead atoms. The molecule has 1 N–H and O–H groups in total. The summed E-state index contributed by atoms with van der Waals surface area (Å²) in [6.07, 6.45) is 0. The van der Waals surface area contributed by atoms with Crippen molar-refractivity contribution in [3.05, 3.63) is 0 Å². The minimum absolute atomic E-state index is 0.0703. The Morgan fingerprint density at radius 3 is 2.75 bits per heavy atom. The van der Waals surface area contributed by atoms with Gasteiger partial charge in [-0.1, -0.05) is 0 Å². The van der Waals surface area contributed by atoms with Gasteiger partial charge in [0.1, 0.15) is 0 Å². The molecule has 0 aliphatic carbocycles. The highest BCUT2D eigenvalue weighted by molar-refractivity contribution is 7.80. The highest BCUT2D eigenvalue weighted by Crippen LogP contribution is 2.15. The summed E-state index contributed by atoms with van der Waals surface area (Å²) < 4.78 is 5.56. The lowest BCUT2D eigenvalue weighted by Crippen LogP contribution is -2.52. The van der Waals surface area contributed by atoms with Crippen molar-refractivity contribution < 1.29 is 4.74 Å². The SMILES string of the molecule is CNC(=S)N1CCOC(C)(C)C1. The van der Waals surface area contributed by atoms with Gasteiger partial charge in [0.2, 0.25) is 0 Å². The van der Waals surface area contributed by atoms with Crippen LogP contribution in [0.3, 0.4) is 0 Å². The van der Waals surface area contributed by atoms with E-state index in [-0.39, 0.29) is 5.60 Å². The van der Waals surface area contributed by atoms with E-state index in [0.29, 0.717) is 0 Å². The van der Waals surface area contributed by atoms with Gasteiger partial charge in [-0.25, -0.2) is 0 Å². The molecule has 0 saturated carbocycles. The molecule has 0 spiro atoms. The van der Waals surface area contributed by atoms with E-state index in [0.717, 1.165) is 24.8 Å². The van der Waals surface area contributed by atoms with Crippen molar-refractivity contribution in [2.24, 2.45) is 0 Å². The van der Waals surface area contributed by atoms with Crippen LogP contribution in [0.2, 0.25) is 0 Å². The van der Waals surface area contributed by atoms with Crippen LogP contribution in [-0.2, 0) is 4.74 Å². The van der Waals surface area contributed by atoms with Gasteiger partial charge in [-0.05, 0) is 26.1 Å². The number of hydrogen-bond acceptors (Lipinski definition) is 2. The van der Waals surface area contributed by atoms with Gasteiger partial charge in [0.05, 0.1) is 12.2 Å². The summed E-state index contributed by atoms with van der Waals surface area (Å²) in [7, 11) is 1.85. The van der Waals surface area contributed by atoms with Crippen LogP contribution in [0.5, 0.6) is 0 Å². The molecule has 1 rings (SSSR count). The first-order valence-electron chi connectivity index (χ1n) is 4.16. The van der Waals surface area contributed by atoms with Crippen molar-refractivity contribution in [1.82, 2.24) is 10.2 Å². The lowest BCUT2D eigenvalue weighted by molar-refractivity contribution is -0.0677. The summed E-state index contributed by atoms with van der Waals surface area (Å²) in [5, 5.41) is 3.79. The lowest BCUT2D eigenvalue weighted by Gasteiger charge is -2.39. The molecule has 1 fully saturated rings. The van der Waals surface area contributed by atoms with E-state index in [2.05, 4.69) is 24.1 Å². The van der Waals surface area contributed by atoms with Crippen LogP contribution in [0.4, 0.5) is 0 Å². The molecule has 1 aliphatic rings. The van der Waals surface area contributed by atoms with Crippen molar-refractivity contribution in [3.63, 3.8) is 0 Å². The molecule has 1 heterocycles. The van der Waals surface area contributed by atoms with Gasteiger partial charge in [0.25, 0.3) is 0 Å². The van der Waals surface area contributed by atoms with Gasteiger partial charge in [-0.2, -0.15) is 0 Å². The van der Waals surface area contributed by atoms with E-state index in [1.165, 1.54) is 0 Å². The second kappa shape index (κ2) is 3.58. The third-order valence-electron chi connectivity index (χ3n) is 1.93. The fourth-order valence-electron chi connectivity index (χ4n) is 1.35. The number of morpholine rings is 1. The Hall–Kier alpha value is -0.350. The van der Waals surface area contributed by atoms with Crippen LogP contribution in [0.1, 0.15) is 13.8 Å². The van der Waals surface area contributed by atoms with Crippen molar-refractivity contribution in [1.29, 1.82) is 0 Å². The fraction of sp³-hybridized carbons (Fsp3) is 0.875. The molecule has 0 radical (unpaired) electrons. The molecule has 1 aliphatic heterocycles. The van der Waals surface area contributed by atoms with Crippen LogP contribution in [0, 0.1) is 0 Å². The Balaban J connectivity index is 2.52. The number of nitrogens with one attached hydrogen (secondary N) is 1. The predicted octanol–water partition coefficient (Wildman–Crippen LogP) is 0.601. The number of nitrogens with zero attached hydrogens (tertiary/aromatic N) is 1. The Kier molecular flexibility index (Phi) is 2.90. The minimum Gasteiger partial charge on any atom is -0.372 e. The molecule has 4 heteroatoms. The number of hydrogen-bond donors (Lipinski definition) is 1. The molecule has 1 saturated heterocycles. The zero-order valence-electron chi connectivity index (χ0n) is 7.89. The first kappa shape index (κ1) is 9.74. The third kappa shape index (κ3) is 2.32. The third-order valence-corrected chi connectivity index (χ3v) is 2.39. The summed E-state index contributed by atoms with van der Waals surface area (Å²) in [6.45, 7) is 6.68. The first-order chi connectivity index (χ1) is 5.55. The molecular weight excluding hydrogens is 172 g/mol. The van der Waals surface area contributed by atoms with Gasteiger partial charge < -0.3 is 15.0 Å². The van der Waals surface area contributed by atoms with Crippen LogP contribution in [-0.4, -0.2) is 42.4 Å². The van der Waals surface area contributed by atoms with Crippen LogP contribution < -0.4 is 5.32 Å². The Bertz CT molecular complexity index is 182. The van der Waals surface area contributed by atoms with Crippen LogP contribution in [0.15, 0.2) is 0 Å². The number of rotatable bonds is 0. The maximum atomic E-state index is 5.56. The van der Waals surface area contributed by atoms with E-state index < -0.39 is 0 Å². The molecule has 0 atom stereocenters. The van der Waals surface area contributed by atoms with E-state index in [1.54, 1.807) is 0 Å². The normalized spacial score (nSPS) is 22.1. The number of thiocarbonyl (C=S) groups is 1. The molecule has 0 aromatic rings. The van der Waals surface area contributed by atoms with E-state index in [1.807, 2.05) is 7.05 Å². The van der Waals surface area contributed by atoms with Gasteiger partial charge >= 0.3 is 0 Å². The van der Waals surface area contributed by atoms with Crippen LogP contribution >= 0.6 is 12.2 Å². The van der Waals surface area contributed by atoms with E-state index in [9.17, 15) is 0 Å². The molecule has 70 valence electrons. The van der Waals surface area contributed by atoms with Crippen molar-refractivity contribution in [2.75, 3.05) is 26.7 Å². The van der Waals surface area contributed by atoms with Gasteiger partial charge in [0, 0.05) is 20.1 Å². The molecule has 12 heavy (non-hydrogen) atoms. The zero-order chi connectivity index (χ0) is 9.19. The van der Waals surface area contributed by atoms with Gasteiger partial charge in [-0.3, -0.25) is 0 Å². The Morgan fingerprint density at radius 1 is 1.58 bits per heavy atom. The standard InChI is InChI=1S/C8H16N2OS/c1-8(2)6-10(4-5-11-8)7(12)9-3/h4-6H2,1-3H3,(H,9,12). The molecule has 0 unspecified atom stereocenters. The summed E-state index contributed by atoms with van der Waals surface area (Å²) in [6, 6.07) is 0. The maximum Gasteiger partial charge on any atom is 0.168 e. The summed E-state index contributed by atoms with van der Waals surface area (Å²) in [5.74, 6) is 0. The average Bonchev–Trinajstić information content (AvgIpc) is 2.01. The van der Waals surface area contributed by atoms with Crippen molar-refractivity contribution >= 4 is 17.3 Å². The van der Waals surface area contributed by atoms with Crippen molar-refractivity contribution in [2.45, 2.75) is 19.4 Å². The van der Waals surface area contributed by atoms with E-state index >= 15 is 0 Å². The highest BCUT2D eigenvalue weighted by atomic mass is 32.1. The molecule has 0 aromatic carbocycles. The number of ether oxygens (including phenoxy) is 1. The van der Waals surface area contributed by atoms with E-state index in [4.69, 9.17) is 17.0 Å². The quantitative estimate of drug-likeness (QED) is 0.563. The fourth-order valence-corrected chi connectivity index (χ4v) is 1.50. The first-order valence-corrected chi connectivity index (χ1v) is 4.56. The average molecular weight is 188 g/mol. The minimum atomic E-state index is -0.0703. The summed E-state index contributed by atoms with van der Waals surface area (Å²) in [5.41, 5.74) is -0.0703. The van der Waals surface area contributed by atoms with Gasteiger partial charge in [-0.15, -0.1) is 0 Å². The summed E-state index contributed by atoms with van der Waals surface area (Å²) in [4.78, 5) is 2.14. The Morgan fingerprint density at radius 2 is 2.25 bits per heavy atom. The maximum absolute atomic E-state index is 5.56. The van der Waals surface area contributed by atoms with Gasteiger partial charge in [0.15, 0.2) is 5.11 Å². The summed E-state index contributed by atoms with van der Waals surface area (Å²) >= 11 is 5.14. The molecule has 0 amide bonds. The highest BCUT2D eigenvalue weighted by Gasteiger charge is 2.27. The molecular formula is C8H16N2OS. The van der Waals surface area contributed by atoms with Crippen LogP contribution in [0.25, 0.3) is 0 Å². The second-order valence-corrected chi connectivity index (χ2v) is 3.97. The topological polar surface area (TPSA) is 24.5 Å². The zero-order valence-corrected chi connectivity index (χ0v) is 8.70. The lowest BCUT2D eigenvalue weighted by atomic mass is 10.1. The molecule has 3 nitrogen and oxygen atoms in total. The second-order valence-electron chi connectivity index (χ2n) is 3.58. The monoisotopic (exact) mass is 188 g/mol. The van der Waals surface area contributed by atoms with Crippen molar-refractivity contribution in [3.8, 4) is 0 Å². The Labute approximate surface area is 79.1 Å².